The first-order chi connectivity index (χ1) is 8.16. The van der Waals surface area contributed by atoms with Gasteiger partial charge in [0.1, 0.15) is 0 Å². The van der Waals surface area contributed by atoms with Gasteiger partial charge in [0.25, 0.3) is 0 Å². The van der Waals surface area contributed by atoms with E-state index in [4.69, 9.17) is 5.73 Å². The van der Waals surface area contributed by atoms with E-state index in [1.807, 2.05) is 49.4 Å². The van der Waals surface area contributed by atoms with Gasteiger partial charge >= 0.3 is 0 Å². The zero-order chi connectivity index (χ0) is 12.3. The third-order valence-electron chi connectivity index (χ3n) is 2.90. The van der Waals surface area contributed by atoms with Crippen LogP contribution < -0.4 is 5.73 Å². The molecule has 0 aliphatic heterocycles. The second kappa shape index (κ2) is 5.11. The fraction of sp³-hybridized carbons (Fsp3) is 0.267. The van der Waals surface area contributed by atoms with Gasteiger partial charge in [-0.05, 0) is 30.2 Å². The number of Topliss-reactive ketones (excluding diaryl/α,β-unsaturated/α-hetero) is 1. The molecule has 2 heteroatoms. The van der Waals surface area contributed by atoms with Gasteiger partial charge in [0.15, 0.2) is 5.78 Å². The first-order valence-electron chi connectivity index (χ1n) is 5.94. The van der Waals surface area contributed by atoms with Crippen LogP contribution in [0.25, 0.3) is 10.8 Å². The monoisotopic (exact) mass is 227 g/mol. The number of hydrogen-bond acceptors (Lipinski definition) is 2. The molecule has 2 nitrogen and oxygen atoms in total. The molecule has 0 heterocycles. The number of nitrogens with two attached hydrogens (primary N) is 1. The van der Waals surface area contributed by atoms with Crippen LogP contribution in [0.1, 0.15) is 30.1 Å². The Labute approximate surface area is 101 Å². The van der Waals surface area contributed by atoms with Crippen molar-refractivity contribution in [3.8, 4) is 0 Å². The van der Waals surface area contributed by atoms with Crippen molar-refractivity contribution in [3.05, 3.63) is 48.0 Å². The molecule has 0 saturated carbocycles. The summed E-state index contributed by atoms with van der Waals surface area (Å²) in [6, 6.07) is 14.0. The Balaban J connectivity index is 2.21. The van der Waals surface area contributed by atoms with Gasteiger partial charge in [-0.15, -0.1) is 0 Å². The number of fused-ring (bicyclic) bond motifs is 1. The van der Waals surface area contributed by atoms with E-state index in [1.54, 1.807) is 0 Å². The number of ketones is 1. The van der Waals surface area contributed by atoms with Crippen LogP contribution in [-0.4, -0.2) is 11.8 Å². The maximum Gasteiger partial charge on any atom is 0.162 e. The molecule has 0 spiro atoms. The number of hydrogen-bond donors (Lipinski definition) is 1. The smallest absolute Gasteiger partial charge is 0.162 e. The number of carbonyl (C=O) groups is 1. The SMILES string of the molecule is CC(N)CCC(=O)c1ccc2ccccc2c1. The van der Waals surface area contributed by atoms with Gasteiger partial charge in [0.2, 0.25) is 0 Å². The lowest BCUT2D eigenvalue weighted by atomic mass is 10.0. The second-order valence-electron chi connectivity index (χ2n) is 4.50. The van der Waals surface area contributed by atoms with Gasteiger partial charge in [-0.2, -0.15) is 0 Å². The van der Waals surface area contributed by atoms with Crippen LogP contribution in [0.5, 0.6) is 0 Å². The molecule has 0 bridgehead atoms. The molecule has 0 aliphatic rings. The molecule has 1 atom stereocenters. The summed E-state index contributed by atoms with van der Waals surface area (Å²) in [5.41, 5.74) is 6.44. The third kappa shape index (κ3) is 2.92. The standard InChI is InChI=1S/C15H17NO/c1-11(16)6-9-15(17)14-8-7-12-4-2-3-5-13(12)10-14/h2-5,7-8,10-11H,6,9,16H2,1H3. The summed E-state index contributed by atoms with van der Waals surface area (Å²) in [5.74, 6) is 0.174. The summed E-state index contributed by atoms with van der Waals surface area (Å²) >= 11 is 0. The van der Waals surface area contributed by atoms with E-state index in [0.717, 1.165) is 22.8 Å². The minimum absolute atomic E-state index is 0.0828. The summed E-state index contributed by atoms with van der Waals surface area (Å²) in [6.45, 7) is 1.92. The highest BCUT2D eigenvalue weighted by Crippen LogP contribution is 2.17. The van der Waals surface area contributed by atoms with E-state index in [1.165, 1.54) is 0 Å². The first kappa shape index (κ1) is 11.8. The molecule has 17 heavy (non-hydrogen) atoms. The summed E-state index contributed by atoms with van der Waals surface area (Å²) < 4.78 is 0. The highest BCUT2D eigenvalue weighted by molar-refractivity contribution is 5.99. The van der Waals surface area contributed by atoms with E-state index in [9.17, 15) is 4.79 Å². The average Bonchev–Trinajstić information content (AvgIpc) is 2.35. The quantitative estimate of drug-likeness (QED) is 0.815. The van der Waals surface area contributed by atoms with Crippen LogP contribution in [-0.2, 0) is 0 Å². The van der Waals surface area contributed by atoms with Crippen LogP contribution in [0.3, 0.4) is 0 Å². The highest BCUT2D eigenvalue weighted by atomic mass is 16.1. The molecule has 0 aromatic heterocycles. The maximum atomic E-state index is 11.9. The average molecular weight is 227 g/mol. The Morgan fingerprint density at radius 1 is 1.18 bits per heavy atom. The Morgan fingerprint density at radius 3 is 2.59 bits per heavy atom. The molecule has 2 N–H and O–H groups in total. The van der Waals surface area contributed by atoms with Crippen LogP contribution >= 0.6 is 0 Å². The summed E-state index contributed by atoms with van der Waals surface area (Å²) in [6.07, 6.45) is 1.27. The minimum atomic E-state index is 0.0828. The summed E-state index contributed by atoms with van der Waals surface area (Å²) in [7, 11) is 0. The largest absolute Gasteiger partial charge is 0.328 e. The van der Waals surface area contributed by atoms with Gasteiger partial charge < -0.3 is 5.73 Å². The Morgan fingerprint density at radius 2 is 1.88 bits per heavy atom. The lowest BCUT2D eigenvalue weighted by Gasteiger charge is -2.05. The molecular weight excluding hydrogens is 210 g/mol. The molecule has 2 rings (SSSR count). The van der Waals surface area contributed by atoms with Crippen molar-refractivity contribution in [2.75, 3.05) is 0 Å². The molecule has 0 amide bonds. The predicted octanol–water partition coefficient (Wildman–Crippen LogP) is 3.15. The normalized spacial score (nSPS) is 12.6. The fourth-order valence-electron chi connectivity index (χ4n) is 1.87. The highest BCUT2D eigenvalue weighted by Gasteiger charge is 2.07. The fourth-order valence-corrected chi connectivity index (χ4v) is 1.87. The Bertz CT molecular complexity index is 531. The van der Waals surface area contributed by atoms with Gasteiger partial charge in [-0.3, -0.25) is 4.79 Å². The molecule has 0 saturated heterocycles. The maximum absolute atomic E-state index is 11.9. The van der Waals surface area contributed by atoms with E-state index in [0.29, 0.717) is 6.42 Å². The molecule has 2 aromatic rings. The minimum Gasteiger partial charge on any atom is -0.328 e. The van der Waals surface area contributed by atoms with Crippen molar-refractivity contribution in [2.24, 2.45) is 5.73 Å². The van der Waals surface area contributed by atoms with Crippen molar-refractivity contribution in [1.29, 1.82) is 0 Å². The predicted molar refractivity (Wildman–Crippen MR) is 71.2 cm³/mol. The number of carbonyl (C=O) groups excluding carboxylic acids is 1. The molecule has 0 aliphatic carbocycles. The first-order valence-corrected chi connectivity index (χ1v) is 5.94. The van der Waals surface area contributed by atoms with E-state index < -0.39 is 0 Å². The lowest BCUT2D eigenvalue weighted by Crippen LogP contribution is -2.16. The van der Waals surface area contributed by atoms with Crippen molar-refractivity contribution >= 4 is 16.6 Å². The molecule has 1 unspecified atom stereocenters. The zero-order valence-electron chi connectivity index (χ0n) is 10.0. The Hall–Kier alpha value is -1.67. The van der Waals surface area contributed by atoms with E-state index >= 15 is 0 Å². The third-order valence-corrected chi connectivity index (χ3v) is 2.90. The van der Waals surface area contributed by atoms with Crippen LogP contribution in [0.15, 0.2) is 42.5 Å². The number of rotatable bonds is 4. The Kier molecular flexibility index (Phi) is 3.55. The van der Waals surface area contributed by atoms with Crippen LogP contribution in [0.2, 0.25) is 0 Å². The van der Waals surface area contributed by atoms with Crippen molar-refractivity contribution in [2.45, 2.75) is 25.8 Å². The van der Waals surface area contributed by atoms with E-state index in [-0.39, 0.29) is 11.8 Å². The van der Waals surface area contributed by atoms with Crippen molar-refractivity contribution < 1.29 is 4.79 Å². The van der Waals surface area contributed by atoms with E-state index in [2.05, 4.69) is 0 Å². The van der Waals surface area contributed by atoms with Gasteiger partial charge in [0, 0.05) is 18.0 Å². The van der Waals surface area contributed by atoms with Crippen molar-refractivity contribution in [1.82, 2.24) is 0 Å². The molecule has 0 fully saturated rings. The molecule has 88 valence electrons. The second-order valence-corrected chi connectivity index (χ2v) is 4.50. The number of benzene rings is 2. The van der Waals surface area contributed by atoms with Crippen LogP contribution in [0.4, 0.5) is 0 Å². The molecular formula is C15H17NO. The van der Waals surface area contributed by atoms with Gasteiger partial charge in [0.05, 0.1) is 0 Å². The molecule has 2 aromatic carbocycles. The lowest BCUT2D eigenvalue weighted by molar-refractivity contribution is 0.0978. The summed E-state index contributed by atoms with van der Waals surface area (Å²) in [5, 5.41) is 2.27. The zero-order valence-corrected chi connectivity index (χ0v) is 10.0. The van der Waals surface area contributed by atoms with Crippen LogP contribution in [0, 0.1) is 0 Å². The summed E-state index contributed by atoms with van der Waals surface area (Å²) in [4.78, 5) is 11.9. The molecule has 0 radical (unpaired) electrons. The van der Waals surface area contributed by atoms with Gasteiger partial charge in [-0.1, -0.05) is 36.4 Å². The topological polar surface area (TPSA) is 43.1 Å². The van der Waals surface area contributed by atoms with Gasteiger partial charge in [-0.25, -0.2) is 0 Å². The van der Waals surface area contributed by atoms with Crippen molar-refractivity contribution in [3.63, 3.8) is 0 Å².